The summed E-state index contributed by atoms with van der Waals surface area (Å²) in [5.41, 5.74) is 0. The van der Waals surface area contributed by atoms with Crippen molar-refractivity contribution in [2.24, 2.45) is 0 Å². The number of allylic oxidation sites excluding steroid dienone is 1. The summed E-state index contributed by atoms with van der Waals surface area (Å²) in [4.78, 5) is 20.9. The van der Waals surface area contributed by atoms with E-state index in [-0.39, 0.29) is 36.2 Å². The van der Waals surface area contributed by atoms with E-state index in [1.54, 1.807) is 6.92 Å². The first-order chi connectivity index (χ1) is 5.07. The molecule has 0 heterocycles. The van der Waals surface area contributed by atoms with E-state index in [2.05, 4.69) is 4.74 Å². The number of ketones is 1. The van der Waals surface area contributed by atoms with E-state index >= 15 is 0 Å². The third-order valence-electron chi connectivity index (χ3n) is 0.825. The van der Waals surface area contributed by atoms with Crippen molar-refractivity contribution in [1.29, 1.82) is 0 Å². The van der Waals surface area contributed by atoms with Gasteiger partial charge in [-0.3, -0.25) is 4.79 Å². The van der Waals surface area contributed by atoms with Gasteiger partial charge in [-0.2, -0.15) is 0 Å². The smallest absolute Gasteiger partial charge is 0.373 e. The maximum absolute atomic E-state index is 10.6. The van der Waals surface area contributed by atoms with Gasteiger partial charge in [-0.15, -0.1) is 0 Å². The summed E-state index contributed by atoms with van der Waals surface area (Å²) in [7, 11) is 0. The van der Waals surface area contributed by atoms with Crippen molar-refractivity contribution in [2.45, 2.75) is 13.8 Å². The van der Waals surface area contributed by atoms with Crippen LogP contribution in [0.3, 0.4) is 0 Å². The zero-order valence-electron chi connectivity index (χ0n) is 7.46. The van der Waals surface area contributed by atoms with E-state index in [1.807, 2.05) is 0 Å². The molecule has 0 saturated heterocycles. The van der Waals surface area contributed by atoms with Crippen molar-refractivity contribution < 1.29 is 19.4 Å². The van der Waals surface area contributed by atoms with Gasteiger partial charge in [0.25, 0.3) is 0 Å². The first kappa shape index (κ1) is 14.2. The van der Waals surface area contributed by atoms with Crippen LogP contribution in [0.5, 0.6) is 0 Å². The maximum Gasteiger partial charge on any atom is 0.373 e. The average molecular weight is 181 g/mol. The molecule has 0 aliphatic heterocycles. The molecule has 0 aliphatic carbocycles. The fourth-order valence-electron chi connectivity index (χ4n) is 0.456. The van der Waals surface area contributed by atoms with Crippen molar-refractivity contribution in [3.8, 4) is 0 Å². The molecule has 63 valence electrons. The molecule has 1 radical (unpaired) electrons. The minimum Gasteiger partial charge on any atom is -0.502 e. The second kappa shape index (κ2) is 7.34. The summed E-state index contributed by atoms with van der Waals surface area (Å²) < 4.78 is 4.40. The molecule has 4 nitrogen and oxygen atoms in total. The molecule has 0 amide bonds. The first-order valence-electron chi connectivity index (χ1n) is 3.16. The van der Waals surface area contributed by atoms with E-state index < -0.39 is 17.5 Å². The molecule has 0 atom stereocenters. The second-order valence-electron chi connectivity index (χ2n) is 1.86. The van der Waals surface area contributed by atoms with Crippen molar-refractivity contribution >= 4 is 41.3 Å². The second-order valence-corrected chi connectivity index (χ2v) is 1.86. The summed E-state index contributed by atoms with van der Waals surface area (Å²) in [5, 5.41) is 8.78. The zero-order chi connectivity index (χ0) is 8.85. The Morgan fingerprint density at radius 3 is 2.33 bits per heavy atom. The van der Waals surface area contributed by atoms with E-state index in [1.165, 1.54) is 6.92 Å². The largest absolute Gasteiger partial charge is 0.502 e. The van der Waals surface area contributed by atoms with Crippen LogP contribution in [0.1, 0.15) is 13.8 Å². The summed E-state index contributed by atoms with van der Waals surface area (Å²) >= 11 is 0. The maximum atomic E-state index is 10.6. The topological polar surface area (TPSA) is 63.6 Å². The predicted octanol–water partition coefficient (Wildman–Crippen LogP) is 0.200. The molecule has 0 bridgehead atoms. The van der Waals surface area contributed by atoms with Crippen molar-refractivity contribution in [2.75, 3.05) is 6.61 Å². The number of hydrogen-bond donors (Lipinski definition) is 1. The minimum atomic E-state index is -0.872. The van der Waals surface area contributed by atoms with Crippen LogP contribution in [0.2, 0.25) is 0 Å². The van der Waals surface area contributed by atoms with Crippen LogP contribution in [-0.2, 0) is 14.3 Å². The van der Waals surface area contributed by atoms with Crippen LogP contribution in [0.4, 0.5) is 0 Å². The Morgan fingerprint density at radius 2 is 2.00 bits per heavy atom. The van der Waals surface area contributed by atoms with Gasteiger partial charge in [-0.25, -0.2) is 4.79 Å². The fraction of sp³-hybridized carbons (Fsp3) is 0.429. The third-order valence-corrected chi connectivity index (χ3v) is 0.825. The van der Waals surface area contributed by atoms with Gasteiger partial charge in [0, 0.05) is 35.6 Å². The molecule has 0 aromatic rings. The van der Waals surface area contributed by atoms with E-state index in [9.17, 15) is 9.59 Å². The van der Waals surface area contributed by atoms with Gasteiger partial charge in [0.05, 0.1) is 6.61 Å². The Bertz CT molecular complexity index is 198. The van der Waals surface area contributed by atoms with E-state index in [0.717, 1.165) is 6.08 Å². The van der Waals surface area contributed by atoms with Crippen LogP contribution in [0.15, 0.2) is 11.8 Å². The number of ether oxygens (including phenoxy) is 1. The molecule has 0 spiro atoms. The number of carbonyl (C=O) groups is 2. The standard InChI is InChI=1S/C7H10O4.Na/c1-3-11-7(10)6(9)4-5(2)8;/h4,9H,3H2,1-2H3;/b6-4-;. The Labute approximate surface area is 92.9 Å². The third kappa shape index (κ3) is 6.39. The Morgan fingerprint density at radius 1 is 1.50 bits per heavy atom. The fourth-order valence-corrected chi connectivity index (χ4v) is 0.456. The van der Waals surface area contributed by atoms with Crippen LogP contribution >= 0.6 is 0 Å². The van der Waals surface area contributed by atoms with Crippen molar-refractivity contribution in [3.05, 3.63) is 11.8 Å². The minimum absolute atomic E-state index is 0. The number of aliphatic hydroxyl groups is 1. The van der Waals surface area contributed by atoms with Crippen LogP contribution < -0.4 is 0 Å². The summed E-state index contributed by atoms with van der Waals surface area (Å²) in [6, 6.07) is 0. The molecule has 12 heavy (non-hydrogen) atoms. The Kier molecular flexibility index (Phi) is 8.69. The van der Waals surface area contributed by atoms with E-state index in [0.29, 0.717) is 0 Å². The molecule has 0 fully saturated rings. The quantitative estimate of drug-likeness (QED) is 0.292. The Balaban J connectivity index is 0. The first-order valence-corrected chi connectivity index (χ1v) is 3.16. The number of rotatable bonds is 3. The molecular formula is C7H10NaO4. The van der Waals surface area contributed by atoms with E-state index in [4.69, 9.17) is 5.11 Å². The normalized spacial score (nSPS) is 10.0. The number of hydrogen-bond acceptors (Lipinski definition) is 4. The summed E-state index contributed by atoms with van der Waals surface area (Å²) in [5.74, 6) is -1.92. The van der Waals surface area contributed by atoms with Crippen molar-refractivity contribution in [3.63, 3.8) is 0 Å². The molecule has 0 rings (SSSR count). The molecular weight excluding hydrogens is 171 g/mol. The summed E-state index contributed by atoms with van der Waals surface area (Å²) in [6.45, 7) is 3.02. The summed E-state index contributed by atoms with van der Waals surface area (Å²) in [6.07, 6.45) is 0.817. The molecule has 1 N–H and O–H groups in total. The van der Waals surface area contributed by atoms with Crippen molar-refractivity contribution in [1.82, 2.24) is 0 Å². The molecule has 0 saturated carbocycles. The van der Waals surface area contributed by atoms with Crippen LogP contribution in [0, 0.1) is 0 Å². The number of carbonyl (C=O) groups excluding carboxylic acids is 2. The Hall–Kier alpha value is -0.320. The molecule has 0 aliphatic rings. The van der Waals surface area contributed by atoms with Crippen LogP contribution in [0.25, 0.3) is 0 Å². The van der Waals surface area contributed by atoms with Gasteiger partial charge in [0.15, 0.2) is 5.78 Å². The van der Waals surface area contributed by atoms with Gasteiger partial charge < -0.3 is 9.84 Å². The average Bonchev–Trinajstić information content (AvgIpc) is 1.86. The molecule has 0 unspecified atom stereocenters. The van der Waals surface area contributed by atoms with Gasteiger partial charge in [-0.1, -0.05) is 0 Å². The molecule has 0 aromatic heterocycles. The van der Waals surface area contributed by atoms with Crippen LogP contribution in [-0.4, -0.2) is 53.0 Å². The SMILES string of the molecule is CCOC(=O)/C(O)=C/C(C)=O.[Na]. The molecule has 0 aromatic carbocycles. The monoisotopic (exact) mass is 181 g/mol. The van der Waals surface area contributed by atoms with Gasteiger partial charge in [0.1, 0.15) is 0 Å². The number of esters is 1. The van der Waals surface area contributed by atoms with Gasteiger partial charge in [-0.05, 0) is 13.8 Å². The predicted molar refractivity (Wildman–Crippen MR) is 43.8 cm³/mol. The van der Waals surface area contributed by atoms with Gasteiger partial charge in [0.2, 0.25) is 5.76 Å². The molecule has 5 heteroatoms. The van der Waals surface area contributed by atoms with Gasteiger partial charge >= 0.3 is 5.97 Å². The number of aliphatic hydroxyl groups excluding tert-OH is 1. The zero-order valence-corrected chi connectivity index (χ0v) is 9.46.